The number of hydrogen-bond acceptors (Lipinski definition) is 5. The Morgan fingerprint density at radius 3 is 2.75 bits per heavy atom. The minimum Gasteiger partial charge on any atom is -0.451 e. The topological polar surface area (TPSA) is 68.3 Å². The molecule has 1 atom stereocenters. The van der Waals surface area contributed by atoms with E-state index < -0.39 is 5.97 Å². The highest BCUT2D eigenvalue weighted by molar-refractivity contribution is 7.13. The smallest absolute Gasteiger partial charge is 0.358 e. The third-order valence-electron chi connectivity index (χ3n) is 4.77. The molecule has 0 saturated carbocycles. The van der Waals surface area contributed by atoms with E-state index in [0.717, 1.165) is 35.4 Å². The van der Waals surface area contributed by atoms with E-state index in [2.05, 4.69) is 16.4 Å². The molecule has 1 aromatic heterocycles. The Morgan fingerprint density at radius 2 is 1.89 bits per heavy atom. The van der Waals surface area contributed by atoms with Gasteiger partial charge in [0.25, 0.3) is 5.91 Å². The van der Waals surface area contributed by atoms with E-state index in [1.807, 2.05) is 48.5 Å². The number of carbonyl (C=O) groups is 2. The van der Waals surface area contributed by atoms with Crippen molar-refractivity contribution in [3.05, 3.63) is 76.8 Å². The maximum Gasteiger partial charge on any atom is 0.358 e. The van der Waals surface area contributed by atoms with Crippen LogP contribution in [0.25, 0.3) is 10.6 Å². The molecule has 4 rings (SSSR count). The van der Waals surface area contributed by atoms with Gasteiger partial charge in [-0.2, -0.15) is 0 Å². The number of nitrogens with zero attached hydrogens (tertiary/aromatic N) is 1. The number of ether oxygens (including phenoxy) is 1. The number of thiazole rings is 1. The maximum absolute atomic E-state index is 12.3. The number of aromatic nitrogens is 1. The second kappa shape index (κ2) is 8.35. The summed E-state index contributed by atoms with van der Waals surface area (Å²) in [6, 6.07) is 17.7. The summed E-state index contributed by atoms with van der Waals surface area (Å²) in [5.74, 6) is -0.883. The molecule has 5 nitrogen and oxygen atoms in total. The lowest BCUT2D eigenvalue weighted by Crippen LogP contribution is -2.34. The van der Waals surface area contributed by atoms with Gasteiger partial charge in [-0.15, -0.1) is 11.3 Å². The normalized spacial score (nSPS) is 15.5. The van der Waals surface area contributed by atoms with Gasteiger partial charge in [0.15, 0.2) is 12.3 Å². The molecule has 1 N–H and O–H groups in total. The Bertz CT molecular complexity index is 984. The van der Waals surface area contributed by atoms with E-state index in [-0.39, 0.29) is 24.2 Å². The van der Waals surface area contributed by atoms with Crippen LogP contribution in [0.2, 0.25) is 0 Å². The summed E-state index contributed by atoms with van der Waals surface area (Å²) in [5, 5.41) is 5.38. The zero-order chi connectivity index (χ0) is 19.3. The van der Waals surface area contributed by atoms with E-state index in [0.29, 0.717) is 0 Å². The SMILES string of the molecule is O=C(COC(=O)c1csc(-c2ccccc2)n1)N[C@@H]1CCCc2ccccc21. The largest absolute Gasteiger partial charge is 0.451 e. The van der Waals surface area contributed by atoms with E-state index in [9.17, 15) is 9.59 Å². The molecule has 0 radical (unpaired) electrons. The minimum absolute atomic E-state index is 0.0277. The van der Waals surface area contributed by atoms with Gasteiger partial charge in [-0.3, -0.25) is 4.79 Å². The molecule has 6 heteroatoms. The highest BCUT2D eigenvalue weighted by Crippen LogP contribution is 2.29. The maximum atomic E-state index is 12.3. The lowest BCUT2D eigenvalue weighted by molar-refractivity contribution is -0.125. The average Bonchev–Trinajstić information content (AvgIpc) is 3.23. The number of rotatable bonds is 5. The Kier molecular flexibility index (Phi) is 5.48. The third-order valence-corrected chi connectivity index (χ3v) is 5.66. The lowest BCUT2D eigenvalue weighted by Gasteiger charge is -2.26. The van der Waals surface area contributed by atoms with Crippen molar-refractivity contribution < 1.29 is 14.3 Å². The molecule has 3 aromatic rings. The average molecular weight is 392 g/mol. The molecule has 0 saturated heterocycles. The quantitative estimate of drug-likeness (QED) is 0.662. The zero-order valence-electron chi connectivity index (χ0n) is 15.3. The molecule has 0 aliphatic heterocycles. The van der Waals surface area contributed by atoms with Crippen LogP contribution in [-0.2, 0) is 16.0 Å². The summed E-state index contributed by atoms with van der Waals surface area (Å²) in [7, 11) is 0. The number of fused-ring (bicyclic) bond motifs is 1. The van der Waals surface area contributed by atoms with Gasteiger partial charge in [-0.1, -0.05) is 54.6 Å². The van der Waals surface area contributed by atoms with Crippen molar-refractivity contribution in [3.63, 3.8) is 0 Å². The van der Waals surface area contributed by atoms with Crippen molar-refractivity contribution in [2.45, 2.75) is 25.3 Å². The van der Waals surface area contributed by atoms with Crippen molar-refractivity contribution in [3.8, 4) is 10.6 Å². The molecule has 1 aliphatic carbocycles. The molecule has 0 bridgehead atoms. The fourth-order valence-corrected chi connectivity index (χ4v) is 4.22. The lowest BCUT2D eigenvalue weighted by atomic mass is 9.88. The molecule has 0 fully saturated rings. The van der Waals surface area contributed by atoms with Gasteiger partial charge in [0, 0.05) is 10.9 Å². The second-order valence-electron chi connectivity index (χ2n) is 6.69. The van der Waals surface area contributed by atoms with Crippen molar-refractivity contribution >= 4 is 23.2 Å². The highest BCUT2D eigenvalue weighted by atomic mass is 32.1. The van der Waals surface area contributed by atoms with Crippen LogP contribution in [0, 0.1) is 0 Å². The van der Waals surface area contributed by atoms with E-state index in [4.69, 9.17) is 4.74 Å². The standard InChI is InChI=1S/C22H20N2O3S/c25-20(23-18-12-6-10-15-7-4-5-11-17(15)18)13-27-22(26)19-14-28-21(24-19)16-8-2-1-3-9-16/h1-5,7-9,11,14,18H,6,10,12-13H2,(H,23,25)/t18-/m1/s1. The van der Waals surface area contributed by atoms with E-state index in [1.165, 1.54) is 16.9 Å². The number of nitrogens with one attached hydrogen (secondary N) is 1. The van der Waals surface area contributed by atoms with Crippen LogP contribution < -0.4 is 5.32 Å². The first-order valence-electron chi connectivity index (χ1n) is 9.26. The minimum atomic E-state index is -0.586. The predicted octanol–water partition coefficient (Wildman–Crippen LogP) is 4.16. The molecule has 0 spiro atoms. The molecule has 142 valence electrons. The van der Waals surface area contributed by atoms with Gasteiger partial charge < -0.3 is 10.1 Å². The molecule has 2 aromatic carbocycles. The highest BCUT2D eigenvalue weighted by Gasteiger charge is 2.22. The molecular formula is C22H20N2O3S. The Hall–Kier alpha value is -2.99. The van der Waals surface area contributed by atoms with Gasteiger partial charge in [0.05, 0.1) is 6.04 Å². The molecule has 1 aliphatic rings. The summed E-state index contributed by atoms with van der Waals surface area (Å²) < 4.78 is 5.16. The Balaban J connectivity index is 1.33. The summed E-state index contributed by atoms with van der Waals surface area (Å²) in [4.78, 5) is 28.8. The Morgan fingerprint density at radius 1 is 1.11 bits per heavy atom. The van der Waals surface area contributed by atoms with Crippen LogP contribution in [0.5, 0.6) is 0 Å². The summed E-state index contributed by atoms with van der Waals surface area (Å²) in [6.07, 6.45) is 2.96. The van der Waals surface area contributed by atoms with Crippen molar-refractivity contribution in [1.82, 2.24) is 10.3 Å². The fraction of sp³-hybridized carbons (Fsp3) is 0.227. The first-order chi connectivity index (χ1) is 13.7. The van der Waals surface area contributed by atoms with Crippen LogP contribution in [0.4, 0.5) is 0 Å². The van der Waals surface area contributed by atoms with Crippen LogP contribution >= 0.6 is 11.3 Å². The van der Waals surface area contributed by atoms with Gasteiger partial charge in [-0.05, 0) is 30.4 Å². The first kappa shape index (κ1) is 18.4. The number of hydrogen-bond donors (Lipinski definition) is 1. The van der Waals surface area contributed by atoms with Crippen LogP contribution in [0.15, 0.2) is 60.0 Å². The number of esters is 1. The fourth-order valence-electron chi connectivity index (χ4n) is 3.43. The first-order valence-corrected chi connectivity index (χ1v) is 10.1. The Labute approximate surface area is 167 Å². The van der Waals surface area contributed by atoms with Crippen LogP contribution in [0.1, 0.15) is 40.5 Å². The number of benzene rings is 2. The number of carbonyl (C=O) groups excluding carboxylic acids is 2. The van der Waals surface area contributed by atoms with Crippen LogP contribution in [0.3, 0.4) is 0 Å². The van der Waals surface area contributed by atoms with Crippen molar-refractivity contribution in [2.24, 2.45) is 0 Å². The monoisotopic (exact) mass is 392 g/mol. The number of aryl methyl sites for hydroxylation is 1. The van der Waals surface area contributed by atoms with Gasteiger partial charge in [0.2, 0.25) is 0 Å². The van der Waals surface area contributed by atoms with Crippen LogP contribution in [-0.4, -0.2) is 23.5 Å². The third kappa shape index (κ3) is 4.12. The van der Waals surface area contributed by atoms with Crippen molar-refractivity contribution in [2.75, 3.05) is 6.61 Å². The summed E-state index contributed by atoms with van der Waals surface area (Å²) >= 11 is 1.37. The van der Waals surface area contributed by atoms with Crippen molar-refractivity contribution in [1.29, 1.82) is 0 Å². The zero-order valence-corrected chi connectivity index (χ0v) is 16.1. The van der Waals surface area contributed by atoms with E-state index >= 15 is 0 Å². The molecule has 1 heterocycles. The van der Waals surface area contributed by atoms with E-state index in [1.54, 1.807) is 5.38 Å². The number of amides is 1. The predicted molar refractivity (Wildman–Crippen MR) is 108 cm³/mol. The molecule has 1 amide bonds. The molecule has 0 unspecified atom stereocenters. The summed E-state index contributed by atoms with van der Waals surface area (Å²) in [5.41, 5.74) is 3.59. The van der Waals surface area contributed by atoms with Gasteiger partial charge in [0.1, 0.15) is 5.01 Å². The molecular weight excluding hydrogens is 372 g/mol. The second-order valence-corrected chi connectivity index (χ2v) is 7.55. The van der Waals surface area contributed by atoms with Gasteiger partial charge >= 0.3 is 5.97 Å². The summed E-state index contributed by atoms with van der Waals surface area (Å²) in [6.45, 7) is -0.310. The van der Waals surface area contributed by atoms with Gasteiger partial charge in [-0.25, -0.2) is 9.78 Å². The molecule has 28 heavy (non-hydrogen) atoms.